The van der Waals surface area contributed by atoms with Gasteiger partial charge in [0.05, 0.1) is 17.2 Å². The number of imide groups is 1. The number of H-pyrrole nitrogens is 1. The summed E-state index contributed by atoms with van der Waals surface area (Å²) in [7, 11) is 0. The number of thioether (sulfide) groups is 1. The highest BCUT2D eigenvalue weighted by Gasteiger charge is 2.42. The van der Waals surface area contributed by atoms with Crippen molar-refractivity contribution < 1.29 is 24.0 Å². The van der Waals surface area contributed by atoms with Crippen molar-refractivity contribution in [2.45, 2.75) is 94.7 Å². The normalized spacial score (nSPS) is 20.6. The Hall–Kier alpha value is -5.45. The molecule has 3 fully saturated rings. The van der Waals surface area contributed by atoms with Crippen LogP contribution in [0.2, 0.25) is 0 Å². The number of hydrogen-bond donors (Lipinski definition) is 2. The van der Waals surface area contributed by atoms with Gasteiger partial charge in [0.15, 0.2) is 5.78 Å². The standard InChI is InChI=1S/C47H51N7O5S/c1-4-29-24-35-36(47(2,3)44-42(43(35)57)34-9-7-28(26-48)22-37(34)49-44)25-39(29)52-15-13-31(14-16-52)51-17-19-53(20-18-51)41(56)6-5-21-60-32-8-10-33-30(23-32)27-54(46(33)59)38-11-12-40(55)50-45(38)58/h7-10,22-25,31,38,49H,4-6,11-21,27H2,1-3H3,(H,50,55,58). The largest absolute Gasteiger partial charge is 0.371 e. The molecule has 12 nitrogen and oxygen atoms in total. The Bertz CT molecular complexity index is 2490. The SMILES string of the molecule is CCc1cc2c(cc1N1CCC(N3CCN(C(=O)CCCSc4ccc5c(c4)CN(C4CCC(=O)NC4=O)C5=O)CC3)CC1)C(C)(C)c1[nH]c3cc(C#N)ccc3c1C2=O. The minimum atomic E-state index is -0.623. The van der Waals surface area contributed by atoms with Crippen molar-refractivity contribution in [2.24, 2.45) is 0 Å². The minimum absolute atomic E-state index is 0.0455. The van der Waals surface area contributed by atoms with Crippen LogP contribution in [0.5, 0.6) is 0 Å². The number of aromatic amines is 1. The molecule has 60 heavy (non-hydrogen) atoms. The highest BCUT2D eigenvalue weighted by molar-refractivity contribution is 7.99. The van der Waals surface area contributed by atoms with Gasteiger partial charge in [0.1, 0.15) is 6.04 Å². The lowest BCUT2D eigenvalue weighted by molar-refractivity contribution is -0.137. The Morgan fingerprint density at radius 1 is 0.933 bits per heavy atom. The van der Waals surface area contributed by atoms with Gasteiger partial charge in [-0.25, -0.2) is 0 Å². The number of nitrogens with one attached hydrogen (secondary N) is 2. The third-order valence-corrected chi connectivity index (χ3v) is 14.7. The van der Waals surface area contributed by atoms with Crippen LogP contribution in [0.3, 0.4) is 0 Å². The maximum Gasteiger partial charge on any atom is 0.255 e. The third-order valence-electron chi connectivity index (χ3n) is 13.6. The van der Waals surface area contributed by atoms with Gasteiger partial charge in [0.2, 0.25) is 17.7 Å². The average Bonchev–Trinajstić information content (AvgIpc) is 3.81. The van der Waals surface area contributed by atoms with E-state index in [-0.39, 0.29) is 29.9 Å². The van der Waals surface area contributed by atoms with E-state index < -0.39 is 17.4 Å². The molecule has 0 saturated carbocycles. The third kappa shape index (κ3) is 7.07. The molecule has 0 bridgehead atoms. The molecule has 3 saturated heterocycles. The number of piperidine rings is 2. The monoisotopic (exact) mass is 825 g/mol. The molecule has 0 spiro atoms. The molecule has 5 aliphatic rings. The second kappa shape index (κ2) is 15.9. The molecule has 2 N–H and O–H groups in total. The maximum absolute atomic E-state index is 14.1. The van der Waals surface area contributed by atoms with Crippen LogP contribution < -0.4 is 10.2 Å². The number of aryl methyl sites for hydroxylation is 1. The van der Waals surface area contributed by atoms with Crippen LogP contribution in [0.15, 0.2) is 53.4 Å². The van der Waals surface area contributed by atoms with Gasteiger partial charge in [-0.15, -0.1) is 11.8 Å². The molecule has 3 aromatic carbocycles. The quantitative estimate of drug-likeness (QED) is 0.119. The number of aromatic nitrogens is 1. The first-order valence-corrected chi connectivity index (χ1v) is 22.4. The Morgan fingerprint density at radius 3 is 2.45 bits per heavy atom. The van der Waals surface area contributed by atoms with E-state index in [9.17, 15) is 29.2 Å². The number of hydrogen-bond acceptors (Lipinski definition) is 9. The molecule has 1 aliphatic carbocycles. The van der Waals surface area contributed by atoms with Crippen LogP contribution in [0, 0.1) is 11.3 Å². The maximum atomic E-state index is 14.1. The van der Waals surface area contributed by atoms with Gasteiger partial charge in [-0.05, 0) is 97.0 Å². The van der Waals surface area contributed by atoms with E-state index in [2.05, 4.69) is 59.1 Å². The summed E-state index contributed by atoms with van der Waals surface area (Å²) in [5.41, 5.74) is 8.33. The van der Waals surface area contributed by atoms with Gasteiger partial charge in [0.25, 0.3) is 5.91 Å². The first-order chi connectivity index (χ1) is 28.9. The smallest absolute Gasteiger partial charge is 0.255 e. The van der Waals surface area contributed by atoms with E-state index in [0.29, 0.717) is 36.6 Å². The fourth-order valence-electron chi connectivity index (χ4n) is 10.2. The molecule has 9 rings (SSSR count). The fraction of sp³-hybridized carbons (Fsp3) is 0.447. The summed E-state index contributed by atoms with van der Waals surface area (Å²) >= 11 is 1.68. The lowest BCUT2D eigenvalue weighted by Gasteiger charge is -2.44. The van der Waals surface area contributed by atoms with Gasteiger partial charge >= 0.3 is 0 Å². The summed E-state index contributed by atoms with van der Waals surface area (Å²) in [6.07, 6.45) is 4.78. The van der Waals surface area contributed by atoms with E-state index in [1.54, 1.807) is 22.7 Å². The number of fused-ring (bicyclic) bond motifs is 5. The summed E-state index contributed by atoms with van der Waals surface area (Å²) in [6.45, 7) is 12.0. The van der Waals surface area contributed by atoms with Gasteiger partial charge in [0, 0.05) is 108 Å². The van der Waals surface area contributed by atoms with Crippen LogP contribution >= 0.6 is 11.8 Å². The number of nitriles is 1. The number of ketones is 1. The number of anilines is 1. The molecule has 1 unspecified atom stereocenters. The summed E-state index contributed by atoms with van der Waals surface area (Å²) in [5, 5.41) is 12.7. The lowest BCUT2D eigenvalue weighted by Crippen LogP contribution is -2.54. The first-order valence-electron chi connectivity index (χ1n) is 21.4. The first kappa shape index (κ1) is 40.0. The number of amides is 4. The number of piperazine rings is 1. The van der Waals surface area contributed by atoms with Crippen LogP contribution in [0.25, 0.3) is 10.9 Å². The zero-order valence-corrected chi connectivity index (χ0v) is 35.4. The molecule has 1 aromatic heterocycles. The number of benzene rings is 3. The molecular weight excluding hydrogens is 775 g/mol. The second-order valence-electron chi connectivity index (χ2n) is 17.4. The summed E-state index contributed by atoms with van der Waals surface area (Å²) < 4.78 is 0. The van der Waals surface area contributed by atoms with Crippen molar-refractivity contribution in [3.05, 3.63) is 93.2 Å². The van der Waals surface area contributed by atoms with Crippen LogP contribution in [0.1, 0.15) is 114 Å². The van der Waals surface area contributed by atoms with E-state index in [1.807, 2.05) is 35.2 Å². The highest BCUT2D eigenvalue weighted by Crippen LogP contribution is 2.46. The zero-order chi connectivity index (χ0) is 41.9. The van der Waals surface area contributed by atoms with E-state index in [4.69, 9.17) is 0 Å². The van der Waals surface area contributed by atoms with Crippen molar-refractivity contribution in [3.8, 4) is 6.07 Å². The Morgan fingerprint density at radius 2 is 1.72 bits per heavy atom. The number of carbonyl (C=O) groups is 5. The van der Waals surface area contributed by atoms with Gasteiger partial charge < -0.3 is 19.7 Å². The molecule has 4 aliphatic heterocycles. The lowest BCUT2D eigenvalue weighted by atomic mass is 9.70. The number of rotatable bonds is 9. The van der Waals surface area contributed by atoms with Crippen LogP contribution in [-0.2, 0) is 32.8 Å². The van der Waals surface area contributed by atoms with Crippen molar-refractivity contribution in [2.75, 3.05) is 49.9 Å². The highest BCUT2D eigenvalue weighted by atomic mass is 32.2. The zero-order valence-electron chi connectivity index (χ0n) is 34.6. The van der Waals surface area contributed by atoms with E-state index in [0.717, 1.165) is 114 Å². The molecule has 4 amide bonds. The van der Waals surface area contributed by atoms with E-state index >= 15 is 0 Å². The molecule has 0 radical (unpaired) electrons. The molecule has 5 heterocycles. The second-order valence-corrected chi connectivity index (χ2v) is 18.6. The Labute approximate surface area is 354 Å². The molecule has 310 valence electrons. The number of carbonyl (C=O) groups excluding carboxylic acids is 5. The van der Waals surface area contributed by atoms with Crippen molar-refractivity contribution in [1.29, 1.82) is 5.26 Å². The van der Waals surface area contributed by atoms with Gasteiger partial charge in [-0.3, -0.25) is 34.2 Å². The van der Waals surface area contributed by atoms with Crippen molar-refractivity contribution >= 4 is 57.8 Å². The van der Waals surface area contributed by atoms with Crippen LogP contribution in [-0.4, -0.2) is 106 Å². The van der Waals surface area contributed by atoms with Gasteiger partial charge in [-0.1, -0.05) is 26.8 Å². The van der Waals surface area contributed by atoms with Crippen LogP contribution in [0.4, 0.5) is 5.69 Å². The Balaban J connectivity index is 0.753. The summed E-state index contributed by atoms with van der Waals surface area (Å²) in [6, 6.07) is 17.8. The minimum Gasteiger partial charge on any atom is -0.371 e. The predicted molar refractivity (Wildman–Crippen MR) is 230 cm³/mol. The predicted octanol–water partition coefficient (Wildman–Crippen LogP) is 5.92. The van der Waals surface area contributed by atoms with E-state index in [1.165, 1.54) is 11.3 Å². The number of nitrogens with zero attached hydrogens (tertiary/aromatic N) is 5. The Kier molecular flexibility index (Phi) is 10.6. The van der Waals surface area contributed by atoms with Gasteiger partial charge in [-0.2, -0.15) is 5.26 Å². The van der Waals surface area contributed by atoms with Crippen molar-refractivity contribution in [3.63, 3.8) is 0 Å². The van der Waals surface area contributed by atoms with Crippen molar-refractivity contribution in [1.82, 2.24) is 25.0 Å². The molecule has 13 heteroatoms. The average molecular weight is 826 g/mol. The topological polar surface area (TPSA) is 150 Å². The molecule has 4 aromatic rings. The summed E-state index contributed by atoms with van der Waals surface area (Å²) in [5.74, 6) is 0.172. The molecular formula is C47H51N7O5S. The molecule has 1 atom stereocenters. The summed E-state index contributed by atoms with van der Waals surface area (Å²) in [4.78, 5) is 77.6. The fourth-order valence-corrected chi connectivity index (χ4v) is 11.1.